The molecule has 1 atom stereocenters. The fraction of sp³-hybridized carbons (Fsp3) is 0.520. The Kier molecular flexibility index (Phi) is 6.77. The van der Waals surface area contributed by atoms with Gasteiger partial charge in [0.2, 0.25) is 10.0 Å². The van der Waals surface area contributed by atoms with Gasteiger partial charge in [-0.15, -0.1) is 11.3 Å². The van der Waals surface area contributed by atoms with E-state index in [0.29, 0.717) is 43.3 Å². The smallest absolute Gasteiger partial charge is 0.277 e. The average Bonchev–Trinajstić information content (AvgIpc) is 3.38. The molecule has 1 amide bonds. The molecule has 0 radical (unpaired) electrons. The molecule has 1 aromatic heterocycles. The maximum atomic E-state index is 13.3. The predicted molar refractivity (Wildman–Crippen MR) is 132 cm³/mol. The average molecular weight is 502 g/mol. The van der Waals surface area contributed by atoms with E-state index >= 15 is 0 Å². The first kappa shape index (κ1) is 23.5. The van der Waals surface area contributed by atoms with Gasteiger partial charge in [0.1, 0.15) is 11.4 Å². The molecule has 1 aromatic carbocycles. The molecule has 2 aliphatic heterocycles. The fourth-order valence-corrected chi connectivity index (χ4v) is 7.78. The van der Waals surface area contributed by atoms with Gasteiger partial charge in [-0.3, -0.25) is 4.79 Å². The minimum atomic E-state index is -3.53. The van der Waals surface area contributed by atoms with Gasteiger partial charge in [0.25, 0.3) is 5.91 Å². The van der Waals surface area contributed by atoms with Gasteiger partial charge in [-0.25, -0.2) is 13.4 Å². The van der Waals surface area contributed by atoms with E-state index in [0.717, 1.165) is 24.4 Å². The zero-order valence-electron chi connectivity index (χ0n) is 19.5. The Hall–Kier alpha value is -2.23. The number of ether oxygens (including phenoxy) is 1. The van der Waals surface area contributed by atoms with E-state index in [4.69, 9.17) is 9.72 Å². The summed E-state index contributed by atoms with van der Waals surface area (Å²) in [5, 5.41) is 2.82. The van der Waals surface area contributed by atoms with Gasteiger partial charge in [-0.2, -0.15) is 4.31 Å². The van der Waals surface area contributed by atoms with E-state index in [1.165, 1.54) is 36.3 Å². The number of amides is 1. The highest BCUT2D eigenvalue weighted by Crippen LogP contribution is 2.37. The lowest BCUT2D eigenvalue weighted by Crippen LogP contribution is -2.39. The molecule has 2 saturated heterocycles. The summed E-state index contributed by atoms with van der Waals surface area (Å²) >= 11 is 1.53. The molecular weight excluding hydrogens is 470 g/mol. The number of piperidine rings is 2. The normalized spacial score (nSPS) is 22.2. The summed E-state index contributed by atoms with van der Waals surface area (Å²) in [4.78, 5) is 20.2. The first-order valence-electron chi connectivity index (χ1n) is 12.1. The predicted octanol–water partition coefficient (Wildman–Crippen LogP) is 4.64. The topological polar surface area (TPSA) is 79.8 Å². The second kappa shape index (κ2) is 9.79. The van der Waals surface area contributed by atoms with E-state index in [-0.39, 0.29) is 16.7 Å². The van der Waals surface area contributed by atoms with Crippen LogP contribution in [0.2, 0.25) is 0 Å². The van der Waals surface area contributed by atoms with Crippen LogP contribution in [0.25, 0.3) is 0 Å². The van der Waals surface area contributed by atoms with Gasteiger partial charge in [-0.05, 0) is 75.1 Å². The summed E-state index contributed by atoms with van der Waals surface area (Å²) in [7, 11) is -1.98. The van der Waals surface area contributed by atoms with Crippen LogP contribution >= 0.6 is 11.3 Å². The largest absolute Gasteiger partial charge is 0.497 e. The molecule has 0 bridgehead atoms. The van der Waals surface area contributed by atoms with Crippen molar-refractivity contribution in [2.24, 2.45) is 5.92 Å². The number of nitrogens with zero attached hydrogens (tertiary/aromatic N) is 3. The van der Waals surface area contributed by atoms with Gasteiger partial charge in [0.05, 0.1) is 17.0 Å². The Morgan fingerprint density at radius 1 is 1.03 bits per heavy atom. The van der Waals surface area contributed by atoms with E-state index < -0.39 is 10.0 Å². The molecule has 34 heavy (non-hydrogen) atoms. The summed E-state index contributed by atoms with van der Waals surface area (Å²) in [6.07, 6.45) is 9.32. The fourth-order valence-electron chi connectivity index (χ4n) is 5.35. The van der Waals surface area contributed by atoms with Crippen molar-refractivity contribution in [3.8, 4) is 5.75 Å². The lowest BCUT2D eigenvalue weighted by Gasteiger charge is -2.37. The second-order valence-electron chi connectivity index (χ2n) is 9.28. The van der Waals surface area contributed by atoms with Crippen LogP contribution < -0.4 is 4.74 Å². The number of methoxy groups -OCH3 is 1. The number of carbonyl (C=O) groups is 1. The Labute approximate surface area is 205 Å². The van der Waals surface area contributed by atoms with Crippen molar-refractivity contribution < 1.29 is 17.9 Å². The standard InChI is InChI=1S/C25H31N3O4S2/c1-32-20-8-10-21(11-9-20)34(30,31)27-15-12-19(13-16-27)24-26-22(17-33-24)25(29)28-14-4-6-18-5-2-3-7-23(18)28/h7-11,17-19H,2-6,12-16H2,1H3. The molecule has 3 aliphatic rings. The molecule has 1 aliphatic carbocycles. The van der Waals surface area contributed by atoms with Crippen molar-refractivity contribution in [2.45, 2.75) is 55.8 Å². The van der Waals surface area contributed by atoms with E-state index in [1.54, 1.807) is 35.7 Å². The SMILES string of the molecule is COc1ccc(S(=O)(=O)N2CCC(c3nc(C(=O)N4CCCC5CCCC=C54)cs3)CC2)cc1. The molecule has 9 heteroatoms. The van der Waals surface area contributed by atoms with Crippen LogP contribution in [0.5, 0.6) is 5.75 Å². The van der Waals surface area contributed by atoms with Gasteiger partial charge >= 0.3 is 0 Å². The molecule has 0 spiro atoms. The Balaban J connectivity index is 1.23. The Morgan fingerprint density at radius 3 is 2.50 bits per heavy atom. The van der Waals surface area contributed by atoms with Crippen LogP contribution in [0.15, 0.2) is 46.3 Å². The van der Waals surface area contributed by atoms with Crippen LogP contribution in [0.1, 0.15) is 66.4 Å². The van der Waals surface area contributed by atoms with Crippen molar-refractivity contribution >= 4 is 27.3 Å². The number of hydrogen-bond acceptors (Lipinski definition) is 6. The van der Waals surface area contributed by atoms with Crippen LogP contribution in [-0.2, 0) is 10.0 Å². The van der Waals surface area contributed by atoms with Gasteiger partial charge < -0.3 is 9.64 Å². The number of hydrogen-bond donors (Lipinski definition) is 0. The first-order valence-corrected chi connectivity index (χ1v) is 14.4. The quantitative estimate of drug-likeness (QED) is 0.596. The third-order valence-corrected chi connectivity index (χ3v) is 10.2. The third-order valence-electron chi connectivity index (χ3n) is 7.26. The van der Waals surface area contributed by atoms with Gasteiger partial charge in [-0.1, -0.05) is 6.08 Å². The number of benzene rings is 1. The molecule has 1 unspecified atom stereocenters. The van der Waals surface area contributed by atoms with Crippen molar-refractivity contribution in [1.82, 2.24) is 14.2 Å². The summed E-state index contributed by atoms with van der Waals surface area (Å²) in [5.41, 5.74) is 1.73. The maximum absolute atomic E-state index is 13.3. The molecule has 2 fully saturated rings. The van der Waals surface area contributed by atoms with Crippen molar-refractivity contribution in [2.75, 3.05) is 26.7 Å². The monoisotopic (exact) mass is 501 g/mol. The molecule has 7 nitrogen and oxygen atoms in total. The van der Waals surface area contributed by atoms with E-state index in [1.807, 2.05) is 10.3 Å². The minimum absolute atomic E-state index is 0.0138. The first-order chi connectivity index (χ1) is 16.5. The van der Waals surface area contributed by atoms with Crippen LogP contribution in [0.4, 0.5) is 0 Å². The number of thiazole rings is 1. The van der Waals surface area contributed by atoms with Crippen molar-refractivity contribution in [3.63, 3.8) is 0 Å². The Bertz CT molecular complexity index is 1170. The third kappa shape index (κ3) is 4.53. The maximum Gasteiger partial charge on any atom is 0.277 e. The summed E-state index contributed by atoms with van der Waals surface area (Å²) in [5.74, 6) is 1.34. The lowest BCUT2D eigenvalue weighted by molar-refractivity contribution is 0.0743. The Morgan fingerprint density at radius 2 is 1.76 bits per heavy atom. The number of allylic oxidation sites excluding steroid dienone is 2. The van der Waals surface area contributed by atoms with E-state index in [9.17, 15) is 13.2 Å². The van der Waals surface area contributed by atoms with E-state index in [2.05, 4.69) is 6.08 Å². The number of fused-ring (bicyclic) bond motifs is 1. The van der Waals surface area contributed by atoms with Crippen LogP contribution in [0.3, 0.4) is 0 Å². The second-order valence-corrected chi connectivity index (χ2v) is 12.1. The number of carbonyl (C=O) groups excluding carboxylic acids is 1. The zero-order chi connectivity index (χ0) is 23.7. The highest BCUT2D eigenvalue weighted by molar-refractivity contribution is 7.89. The number of sulfonamides is 1. The molecule has 2 aromatic rings. The number of rotatable bonds is 5. The number of aromatic nitrogens is 1. The molecule has 0 saturated carbocycles. The van der Waals surface area contributed by atoms with Gasteiger partial charge in [0.15, 0.2) is 0 Å². The molecule has 5 rings (SSSR count). The summed E-state index contributed by atoms with van der Waals surface area (Å²) < 4.78 is 32.7. The number of likely N-dealkylation sites (tertiary alicyclic amines) is 1. The molecular formula is C25H31N3O4S2. The van der Waals surface area contributed by atoms with Crippen molar-refractivity contribution in [1.29, 1.82) is 0 Å². The lowest BCUT2D eigenvalue weighted by atomic mass is 9.85. The molecule has 182 valence electrons. The summed E-state index contributed by atoms with van der Waals surface area (Å²) in [6.45, 7) is 1.67. The highest BCUT2D eigenvalue weighted by Gasteiger charge is 2.34. The highest BCUT2D eigenvalue weighted by atomic mass is 32.2. The zero-order valence-corrected chi connectivity index (χ0v) is 21.1. The van der Waals surface area contributed by atoms with Gasteiger partial charge in [0, 0.05) is 36.6 Å². The van der Waals surface area contributed by atoms with Crippen molar-refractivity contribution in [3.05, 3.63) is 52.1 Å². The summed E-state index contributed by atoms with van der Waals surface area (Å²) in [6, 6.07) is 6.51. The molecule has 0 N–H and O–H groups in total. The van der Waals surface area contributed by atoms with Crippen LogP contribution in [0, 0.1) is 5.92 Å². The van der Waals surface area contributed by atoms with Crippen LogP contribution in [-0.4, -0.2) is 55.3 Å². The molecule has 3 heterocycles. The minimum Gasteiger partial charge on any atom is -0.497 e.